The lowest BCUT2D eigenvalue weighted by Crippen LogP contribution is -2.02. The Morgan fingerprint density at radius 3 is 2.74 bits per heavy atom. The molecule has 0 saturated heterocycles. The minimum absolute atomic E-state index is 0.705. The fourth-order valence-electron chi connectivity index (χ4n) is 2.73. The molecule has 0 saturated carbocycles. The van der Waals surface area contributed by atoms with Gasteiger partial charge in [0.2, 0.25) is 0 Å². The van der Waals surface area contributed by atoms with Gasteiger partial charge in [-0.1, -0.05) is 23.7 Å². The van der Waals surface area contributed by atoms with E-state index >= 15 is 0 Å². The zero-order chi connectivity index (χ0) is 12.8. The van der Waals surface area contributed by atoms with Crippen LogP contribution in [0.1, 0.15) is 24.3 Å². The number of oxazole rings is 1. The molecule has 0 amide bonds. The van der Waals surface area contributed by atoms with Crippen LogP contribution in [0.15, 0.2) is 34.9 Å². The van der Waals surface area contributed by atoms with Crippen molar-refractivity contribution in [3.8, 4) is 11.3 Å². The molecule has 1 aromatic carbocycles. The molecule has 0 N–H and O–H groups in total. The van der Waals surface area contributed by atoms with Crippen molar-refractivity contribution in [3.63, 3.8) is 0 Å². The summed E-state index contributed by atoms with van der Waals surface area (Å²) >= 11 is 5.91. The first-order valence-electron chi connectivity index (χ1n) is 6.57. The van der Waals surface area contributed by atoms with Crippen LogP contribution in [0, 0.1) is 0 Å². The molecular formula is C15H13ClN2O. The summed E-state index contributed by atoms with van der Waals surface area (Å²) in [6, 6.07) is 7.73. The maximum Gasteiger partial charge on any atom is 0.306 e. The van der Waals surface area contributed by atoms with Crippen LogP contribution in [0.25, 0.3) is 17.1 Å². The van der Waals surface area contributed by atoms with Gasteiger partial charge in [-0.05, 0) is 31.4 Å². The van der Waals surface area contributed by atoms with E-state index in [9.17, 15) is 0 Å². The summed E-state index contributed by atoms with van der Waals surface area (Å²) in [4.78, 5) is 4.57. The molecule has 0 fully saturated rings. The van der Waals surface area contributed by atoms with Crippen LogP contribution in [0.3, 0.4) is 0 Å². The van der Waals surface area contributed by atoms with Crippen LogP contribution in [-0.4, -0.2) is 9.38 Å². The molecule has 3 aromatic rings. The van der Waals surface area contributed by atoms with Crippen LogP contribution in [-0.2, 0) is 12.8 Å². The van der Waals surface area contributed by atoms with Gasteiger partial charge in [-0.15, -0.1) is 0 Å². The Kier molecular flexibility index (Phi) is 2.42. The summed E-state index contributed by atoms with van der Waals surface area (Å²) in [6.07, 6.45) is 6.63. The minimum Gasteiger partial charge on any atom is -0.428 e. The maximum absolute atomic E-state index is 5.91. The molecule has 2 aromatic heterocycles. The Labute approximate surface area is 115 Å². The molecule has 0 spiro atoms. The average Bonchev–Trinajstić information content (AvgIpc) is 2.97. The van der Waals surface area contributed by atoms with Crippen molar-refractivity contribution in [2.24, 2.45) is 0 Å². The van der Waals surface area contributed by atoms with E-state index in [0.717, 1.165) is 34.9 Å². The number of hydrogen-bond donors (Lipinski definition) is 0. The number of nitrogens with zero attached hydrogens (tertiary/aromatic N) is 2. The predicted octanol–water partition coefficient (Wildman–Crippen LogP) is 4.13. The lowest BCUT2D eigenvalue weighted by atomic mass is 10.0. The molecular weight excluding hydrogens is 260 g/mol. The van der Waals surface area contributed by atoms with Gasteiger partial charge in [0.1, 0.15) is 5.76 Å². The molecule has 19 heavy (non-hydrogen) atoms. The second kappa shape index (κ2) is 4.14. The smallest absolute Gasteiger partial charge is 0.306 e. The van der Waals surface area contributed by atoms with E-state index in [0.29, 0.717) is 5.84 Å². The molecule has 1 aliphatic carbocycles. The fourth-order valence-corrected chi connectivity index (χ4v) is 2.85. The molecule has 2 heterocycles. The number of halogens is 1. The third-order valence-electron chi connectivity index (χ3n) is 3.71. The van der Waals surface area contributed by atoms with Crippen molar-refractivity contribution in [2.45, 2.75) is 25.7 Å². The Balaban J connectivity index is 1.84. The first-order valence-corrected chi connectivity index (χ1v) is 6.94. The Morgan fingerprint density at radius 1 is 1.11 bits per heavy atom. The lowest BCUT2D eigenvalue weighted by Gasteiger charge is -2.08. The second-order valence-corrected chi connectivity index (χ2v) is 5.40. The highest BCUT2D eigenvalue weighted by Crippen LogP contribution is 2.28. The van der Waals surface area contributed by atoms with Gasteiger partial charge < -0.3 is 4.42 Å². The van der Waals surface area contributed by atoms with E-state index in [2.05, 4.69) is 15.6 Å². The first-order chi connectivity index (χ1) is 9.31. The summed E-state index contributed by atoms with van der Waals surface area (Å²) < 4.78 is 7.94. The average molecular weight is 273 g/mol. The molecule has 4 rings (SSSR count). The molecule has 4 heteroatoms. The van der Waals surface area contributed by atoms with Crippen molar-refractivity contribution >= 4 is 17.4 Å². The zero-order valence-corrected chi connectivity index (χ0v) is 11.2. The molecule has 1 aliphatic rings. The number of benzene rings is 1. The highest BCUT2D eigenvalue weighted by Gasteiger charge is 2.19. The van der Waals surface area contributed by atoms with Crippen LogP contribution < -0.4 is 0 Å². The Bertz CT molecular complexity index is 739. The van der Waals surface area contributed by atoms with Crippen molar-refractivity contribution in [3.05, 3.63) is 46.9 Å². The third-order valence-corrected chi connectivity index (χ3v) is 3.96. The Morgan fingerprint density at radius 2 is 1.89 bits per heavy atom. The molecule has 96 valence electrons. The van der Waals surface area contributed by atoms with Crippen LogP contribution >= 0.6 is 11.6 Å². The van der Waals surface area contributed by atoms with Gasteiger partial charge in [-0.25, -0.2) is 0 Å². The monoisotopic (exact) mass is 272 g/mol. The molecule has 0 bridgehead atoms. The van der Waals surface area contributed by atoms with Crippen molar-refractivity contribution in [1.82, 2.24) is 9.38 Å². The van der Waals surface area contributed by atoms with Crippen molar-refractivity contribution in [2.75, 3.05) is 0 Å². The molecule has 0 radical (unpaired) electrons. The quantitative estimate of drug-likeness (QED) is 0.667. The van der Waals surface area contributed by atoms with Gasteiger partial charge in [-0.2, -0.15) is 4.98 Å². The van der Waals surface area contributed by atoms with Crippen LogP contribution in [0.5, 0.6) is 0 Å². The predicted molar refractivity (Wildman–Crippen MR) is 74.5 cm³/mol. The molecule has 0 unspecified atom stereocenters. The number of fused-ring (bicyclic) bond motifs is 3. The highest BCUT2D eigenvalue weighted by molar-refractivity contribution is 6.30. The van der Waals surface area contributed by atoms with E-state index in [4.69, 9.17) is 16.0 Å². The van der Waals surface area contributed by atoms with E-state index in [-0.39, 0.29) is 0 Å². The van der Waals surface area contributed by atoms with Gasteiger partial charge in [-0.3, -0.25) is 4.40 Å². The number of hydrogen-bond acceptors (Lipinski definition) is 2. The van der Waals surface area contributed by atoms with E-state index in [1.807, 2.05) is 24.3 Å². The number of rotatable bonds is 1. The highest BCUT2D eigenvalue weighted by atomic mass is 35.5. The summed E-state index contributed by atoms with van der Waals surface area (Å²) in [5.41, 5.74) is 3.28. The summed E-state index contributed by atoms with van der Waals surface area (Å²) in [6.45, 7) is 0. The molecule has 0 aliphatic heterocycles. The summed E-state index contributed by atoms with van der Waals surface area (Å²) in [7, 11) is 0. The largest absolute Gasteiger partial charge is 0.428 e. The van der Waals surface area contributed by atoms with E-state index in [1.165, 1.54) is 18.5 Å². The van der Waals surface area contributed by atoms with E-state index < -0.39 is 0 Å². The normalized spacial score (nSPS) is 14.8. The van der Waals surface area contributed by atoms with Crippen LogP contribution in [0.4, 0.5) is 0 Å². The summed E-state index contributed by atoms with van der Waals surface area (Å²) in [5.74, 6) is 1.81. The molecule has 3 nitrogen and oxygen atoms in total. The van der Waals surface area contributed by atoms with Gasteiger partial charge in [0, 0.05) is 23.2 Å². The van der Waals surface area contributed by atoms with Gasteiger partial charge >= 0.3 is 5.84 Å². The third kappa shape index (κ3) is 1.77. The van der Waals surface area contributed by atoms with Gasteiger partial charge in [0.15, 0.2) is 0 Å². The Hall–Kier alpha value is -1.74. The number of aromatic nitrogens is 2. The fraction of sp³-hybridized carbons (Fsp3) is 0.267. The molecule has 0 atom stereocenters. The van der Waals surface area contributed by atoms with E-state index in [1.54, 1.807) is 0 Å². The zero-order valence-electron chi connectivity index (χ0n) is 10.4. The SMILES string of the molecule is Clc1ccc(-c2cn3c4c(oc3n2)CCCC4)cc1. The standard InChI is InChI=1S/C15H13ClN2O/c16-11-7-5-10(6-8-11)12-9-18-13-3-1-2-4-14(13)19-15(18)17-12/h5-9H,1-4H2. The van der Waals surface area contributed by atoms with Crippen LogP contribution in [0.2, 0.25) is 5.02 Å². The van der Waals surface area contributed by atoms with Gasteiger partial charge in [0.05, 0.1) is 11.4 Å². The lowest BCUT2D eigenvalue weighted by molar-refractivity contribution is 0.500. The number of aryl methyl sites for hydroxylation is 2. The summed E-state index contributed by atoms with van der Waals surface area (Å²) in [5, 5.41) is 0.740. The minimum atomic E-state index is 0.705. The second-order valence-electron chi connectivity index (χ2n) is 4.96. The van der Waals surface area contributed by atoms with Crippen molar-refractivity contribution in [1.29, 1.82) is 0 Å². The van der Waals surface area contributed by atoms with Gasteiger partial charge in [0.25, 0.3) is 0 Å². The topological polar surface area (TPSA) is 30.4 Å². The first kappa shape index (κ1) is 11.1. The maximum atomic E-state index is 5.91. The number of imidazole rings is 1. The van der Waals surface area contributed by atoms with Crippen molar-refractivity contribution < 1.29 is 4.42 Å².